The van der Waals surface area contributed by atoms with Crippen molar-refractivity contribution < 1.29 is 18.0 Å². The van der Waals surface area contributed by atoms with E-state index in [1.54, 1.807) is 6.07 Å². The van der Waals surface area contributed by atoms with Crippen molar-refractivity contribution in [2.24, 2.45) is 0 Å². The average Bonchev–Trinajstić information content (AvgIpc) is 3.40. The fourth-order valence-corrected chi connectivity index (χ4v) is 4.95. The van der Waals surface area contributed by atoms with E-state index in [1.807, 2.05) is 54.7 Å². The Bertz CT molecular complexity index is 1440. The van der Waals surface area contributed by atoms with Crippen molar-refractivity contribution in [1.82, 2.24) is 19.8 Å². The van der Waals surface area contributed by atoms with Crippen LogP contribution >= 0.6 is 0 Å². The predicted molar refractivity (Wildman–Crippen MR) is 147 cm³/mol. The lowest BCUT2D eigenvalue weighted by atomic mass is 10.0. The molecule has 0 bridgehead atoms. The highest BCUT2D eigenvalue weighted by molar-refractivity contribution is 5.93. The number of alkyl halides is 3. The Morgan fingerprint density at radius 2 is 1.74 bits per heavy atom. The molecular weight excluding hydrogens is 503 g/mol. The van der Waals surface area contributed by atoms with Crippen LogP contribution in [0.25, 0.3) is 22.2 Å². The number of piperazine rings is 1. The number of benzene rings is 2. The second-order valence-electron chi connectivity index (χ2n) is 10.2. The molecular formula is C30H32F3N5O. The van der Waals surface area contributed by atoms with Gasteiger partial charge in [-0.05, 0) is 54.4 Å². The van der Waals surface area contributed by atoms with Crippen molar-refractivity contribution in [3.05, 3.63) is 83.7 Å². The summed E-state index contributed by atoms with van der Waals surface area (Å²) < 4.78 is 41.9. The van der Waals surface area contributed by atoms with E-state index in [0.717, 1.165) is 60.0 Å². The summed E-state index contributed by atoms with van der Waals surface area (Å²) in [6.45, 7) is 3.37. The third-order valence-electron chi connectivity index (χ3n) is 7.47. The van der Waals surface area contributed by atoms with E-state index < -0.39 is 11.7 Å². The maximum Gasteiger partial charge on any atom is 0.416 e. The number of anilines is 1. The van der Waals surface area contributed by atoms with E-state index in [-0.39, 0.29) is 30.1 Å². The normalized spacial score (nSPS) is 15.1. The first-order valence-corrected chi connectivity index (χ1v) is 13.1. The van der Waals surface area contributed by atoms with Crippen LogP contribution in [0.4, 0.5) is 18.9 Å². The lowest BCUT2D eigenvalue weighted by Crippen LogP contribution is -2.44. The summed E-state index contributed by atoms with van der Waals surface area (Å²) in [5.41, 5.74) is 3.65. The molecule has 6 nitrogen and oxygen atoms in total. The number of aryl methyl sites for hydroxylation is 1. The van der Waals surface area contributed by atoms with Crippen molar-refractivity contribution in [2.45, 2.75) is 25.6 Å². The summed E-state index contributed by atoms with van der Waals surface area (Å²) in [4.78, 5) is 26.0. The number of aromatic amines is 1. The maximum absolute atomic E-state index is 14.0. The van der Waals surface area contributed by atoms with Crippen molar-refractivity contribution >= 4 is 22.6 Å². The number of hydrogen-bond acceptors (Lipinski definition) is 4. The average molecular weight is 536 g/mol. The Balaban J connectivity index is 1.23. The molecule has 1 aliphatic heterocycles. The molecule has 39 heavy (non-hydrogen) atoms. The van der Waals surface area contributed by atoms with Crippen molar-refractivity contribution in [2.75, 3.05) is 45.2 Å². The Labute approximate surface area is 226 Å². The number of H-pyrrole nitrogens is 1. The molecule has 2 aromatic carbocycles. The van der Waals surface area contributed by atoms with E-state index in [9.17, 15) is 18.0 Å². The Hall–Kier alpha value is -3.69. The topological polar surface area (TPSA) is 55.5 Å². The van der Waals surface area contributed by atoms with Crippen LogP contribution in [0.5, 0.6) is 0 Å². The highest BCUT2D eigenvalue weighted by Gasteiger charge is 2.34. The van der Waals surface area contributed by atoms with Gasteiger partial charge in [0.2, 0.25) is 5.91 Å². The fraction of sp³-hybridized carbons (Fsp3) is 0.333. The molecule has 0 radical (unpaired) electrons. The highest BCUT2D eigenvalue weighted by Crippen LogP contribution is 2.35. The number of carbonyl (C=O) groups is 1. The van der Waals surface area contributed by atoms with Gasteiger partial charge in [-0.25, -0.2) is 4.98 Å². The largest absolute Gasteiger partial charge is 0.416 e. The minimum atomic E-state index is -4.50. The van der Waals surface area contributed by atoms with Crippen molar-refractivity contribution in [3.63, 3.8) is 0 Å². The third kappa shape index (κ3) is 6.32. The predicted octanol–water partition coefficient (Wildman–Crippen LogP) is 5.59. The first-order chi connectivity index (χ1) is 18.7. The molecule has 1 saturated heterocycles. The van der Waals surface area contributed by atoms with Gasteiger partial charge in [0.15, 0.2) is 0 Å². The molecule has 1 fully saturated rings. The van der Waals surface area contributed by atoms with Crippen LogP contribution in [0.1, 0.15) is 23.1 Å². The second-order valence-corrected chi connectivity index (χ2v) is 10.2. The molecule has 204 valence electrons. The molecule has 1 amide bonds. The number of hydrogen-bond donors (Lipinski definition) is 1. The van der Waals surface area contributed by atoms with Crippen molar-refractivity contribution in [1.29, 1.82) is 0 Å². The maximum atomic E-state index is 14.0. The molecule has 9 heteroatoms. The number of halogens is 3. The van der Waals surface area contributed by atoms with Gasteiger partial charge in [0, 0.05) is 75.2 Å². The number of fused-ring (bicyclic) bond motifs is 1. The summed E-state index contributed by atoms with van der Waals surface area (Å²) in [5, 5.41) is 1.03. The molecule has 0 saturated carbocycles. The SMILES string of the molecule is CN1CCN(Cc2ccc(N(C)C(=O)CCc3ccc(-c4cnc5[nH]ccc5c4)cc3)cc2C(F)(F)F)CC1. The molecule has 0 atom stereocenters. The lowest BCUT2D eigenvalue weighted by Gasteiger charge is -2.33. The smallest absolute Gasteiger partial charge is 0.346 e. The molecule has 5 rings (SSSR count). The van der Waals surface area contributed by atoms with Crippen LogP contribution in [0.2, 0.25) is 0 Å². The molecule has 3 heterocycles. The van der Waals surface area contributed by atoms with Crippen LogP contribution in [-0.2, 0) is 23.9 Å². The first kappa shape index (κ1) is 26.9. The van der Waals surface area contributed by atoms with E-state index in [2.05, 4.69) is 20.9 Å². The number of nitrogens with zero attached hydrogens (tertiary/aromatic N) is 4. The van der Waals surface area contributed by atoms with Gasteiger partial charge < -0.3 is 14.8 Å². The number of nitrogens with one attached hydrogen (secondary N) is 1. The van der Waals surface area contributed by atoms with E-state index >= 15 is 0 Å². The van der Waals surface area contributed by atoms with Crippen molar-refractivity contribution in [3.8, 4) is 11.1 Å². The van der Waals surface area contributed by atoms with Gasteiger partial charge in [0.1, 0.15) is 5.65 Å². The zero-order chi connectivity index (χ0) is 27.6. The molecule has 0 aliphatic carbocycles. The Kier molecular flexibility index (Phi) is 7.72. The van der Waals surface area contributed by atoms with Crippen LogP contribution in [0.15, 0.2) is 67.0 Å². The van der Waals surface area contributed by atoms with Gasteiger partial charge in [-0.1, -0.05) is 30.3 Å². The Morgan fingerprint density at radius 3 is 2.46 bits per heavy atom. The lowest BCUT2D eigenvalue weighted by molar-refractivity contribution is -0.138. The number of likely N-dealkylation sites (N-methyl/N-ethyl adjacent to an activating group) is 1. The van der Waals surface area contributed by atoms with E-state index in [1.165, 1.54) is 18.0 Å². The number of pyridine rings is 1. The zero-order valence-electron chi connectivity index (χ0n) is 22.1. The zero-order valence-corrected chi connectivity index (χ0v) is 22.1. The summed E-state index contributed by atoms with van der Waals surface area (Å²) in [7, 11) is 3.54. The standard InChI is InChI=1S/C30H32F3N5O/c1-36-13-15-38(16-14-36)20-24-8-9-26(18-27(24)30(31,32)33)37(2)28(39)10-5-21-3-6-22(7-4-21)25-17-23-11-12-34-29(23)35-19-25/h3-4,6-9,11-12,17-19H,5,10,13-16,20H2,1-2H3,(H,34,35). The molecule has 4 aromatic rings. The van der Waals surface area contributed by atoms with E-state index in [4.69, 9.17) is 0 Å². The van der Waals surface area contributed by atoms with Gasteiger partial charge in [-0.2, -0.15) is 13.2 Å². The second kappa shape index (κ2) is 11.2. The summed E-state index contributed by atoms with van der Waals surface area (Å²) in [6, 6.07) is 16.2. The minimum absolute atomic E-state index is 0.192. The number of amides is 1. The third-order valence-corrected chi connectivity index (χ3v) is 7.47. The number of aromatic nitrogens is 2. The highest BCUT2D eigenvalue weighted by atomic mass is 19.4. The van der Waals surface area contributed by atoms with Gasteiger partial charge in [-0.15, -0.1) is 0 Å². The summed E-state index contributed by atoms with van der Waals surface area (Å²) in [6.07, 6.45) is -0.141. The van der Waals surface area contributed by atoms with Gasteiger partial charge in [0.05, 0.1) is 5.56 Å². The molecule has 1 aliphatic rings. The Morgan fingerprint density at radius 1 is 1.00 bits per heavy atom. The number of carbonyl (C=O) groups excluding carboxylic acids is 1. The summed E-state index contributed by atoms with van der Waals surface area (Å²) in [5.74, 6) is -0.235. The quantitative estimate of drug-likeness (QED) is 0.335. The minimum Gasteiger partial charge on any atom is -0.346 e. The fourth-order valence-electron chi connectivity index (χ4n) is 4.95. The van der Waals surface area contributed by atoms with E-state index in [0.29, 0.717) is 6.42 Å². The van der Waals surface area contributed by atoms with Gasteiger partial charge >= 0.3 is 6.18 Å². The number of rotatable bonds is 7. The summed E-state index contributed by atoms with van der Waals surface area (Å²) >= 11 is 0. The first-order valence-electron chi connectivity index (χ1n) is 13.1. The molecule has 0 spiro atoms. The van der Waals surface area contributed by atoms with Gasteiger partial charge in [-0.3, -0.25) is 9.69 Å². The molecule has 2 aromatic heterocycles. The van der Waals surface area contributed by atoms with Crippen LogP contribution in [0, 0.1) is 0 Å². The van der Waals surface area contributed by atoms with Gasteiger partial charge in [0.25, 0.3) is 0 Å². The van der Waals surface area contributed by atoms with Crippen LogP contribution in [0.3, 0.4) is 0 Å². The molecule has 1 N–H and O–H groups in total. The molecule has 0 unspecified atom stereocenters. The monoisotopic (exact) mass is 535 g/mol. The van der Waals surface area contributed by atoms with Crippen LogP contribution in [-0.4, -0.2) is 65.9 Å². The van der Waals surface area contributed by atoms with Crippen LogP contribution < -0.4 is 4.90 Å².